The lowest BCUT2D eigenvalue weighted by atomic mass is 10.1. The van der Waals surface area contributed by atoms with Gasteiger partial charge in [-0.1, -0.05) is 24.3 Å². The predicted molar refractivity (Wildman–Crippen MR) is 119 cm³/mol. The summed E-state index contributed by atoms with van der Waals surface area (Å²) >= 11 is 1.45. The van der Waals surface area contributed by atoms with Crippen LogP contribution < -0.4 is 0 Å². The first-order valence-electron chi connectivity index (χ1n) is 9.73. The molecule has 31 heavy (non-hydrogen) atoms. The highest BCUT2D eigenvalue weighted by Crippen LogP contribution is 2.32. The smallest absolute Gasteiger partial charge is 0.270 e. The maximum Gasteiger partial charge on any atom is 0.270 e. The molecule has 0 N–H and O–H groups in total. The van der Waals surface area contributed by atoms with Gasteiger partial charge >= 0.3 is 0 Å². The molecule has 1 fully saturated rings. The molecule has 1 saturated heterocycles. The molecule has 0 aliphatic carbocycles. The van der Waals surface area contributed by atoms with Crippen LogP contribution in [-0.2, 0) is 10.0 Å². The molecule has 3 aromatic rings. The lowest BCUT2D eigenvalue weighted by Crippen LogP contribution is -2.50. The van der Waals surface area contributed by atoms with Gasteiger partial charge in [-0.25, -0.2) is 8.42 Å². The van der Waals surface area contributed by atoms with Crippen LogP contribution in [0.1, 0.15) is 20.8 Å². The Kier molecular flexibility index (Phi) is 5.54. The molecule has 2 aromatic carbocycles. The summed E-state index contributed by atoms with van der Waals surface area (Å²) < 4.78 is 28.5. The van der Waals surface area contributed by atoms with Gasteiger partial charge in [0, 0.05) is 43.0 Å². The van der Waals surface area contributed by atoms with E-state index in [1.54, 1.807) is 11.8 Å². The van der Waals surface area contributed by atoms with E-state index >= 15 is 0 Å². The Balaban J connectivity index is 1.53. The van der Waals surface area contributed by atoms with E-state index in [1.165, 1.54) is 27.8 Å². The number of aryl methyl sites for hydroxylation is 2. The van der Waals surface area contributed by atoms with Gasteiger partial charge in [0.05, 0.1) is 14.7 Å². The van der Waals surface area contributed by atoms with Gasteiger partial charge in [-0.15, -0.1) is 11.3 Å². The van der Waals surface area contributed by atoms with Crippen LogP contribution in [-0.4, -0.2) is 54.6 Å². The van der Waals surface area contributed by atoms with E-state index in [4.69, 9.17) is 0 Å². The van der Waals surface area contributed by atoms with Crippen molar-refractivity contribution in [3.05, 3.63) is 68.6 Å². The monoisotopic (exact) mass is 459 g/mol. The fraction of sp³-hybridized carbons (Fsp3) is 0.286. The molecular formula is C21H21N3O5S2. The molecule has 0 spiro atoms. The molecule has 0 bridgehead atoms. The van der Waals surface area contributed by atoms with Crippen molar-refractivity contribution < 1.29 is 18.1 Å². The van der Waals surface area contributed by atoms with Gasteiger partial charge in [0.25, 0.3) is 11.6 Å². The number of nitro groups is 1. The molecule has 1 aliphatic rings. The number of rotatable bonds is 4. The number of benzene rings is 2. The van der Waals surface area contributed by atoms with Gasteiger partial charge in [-0.05, 0) is 36.4 Å². The quantitative estimate of drug-likeness (QED) is 0.439. The summed E-state index contributed by atoms with van der Waals surface area (Å²) in [6.45, 7) is 4.35. The average Bonchev–Trinajstić information content (AvgIpc) is 3.10. The second-order valence-electron chi connectivity index (χ2n) is 7.46. The number of nitrogens with zero attached hydrogens (tertiary/aromatic N) is 3. The Morgan fingerprint density at radius 1 is 1.06 bits per heavy atom. The zero-order valence-corrected chi connectivity index (χ0v) is 18.7. The third kappa shape index (κ3) is 3.82. The van der Waals surface area contributed by atoms with Crippen molar-refractivity contribution in [1.82, 2.24) is 9.21 Å². The van der Waals surface area contributed by atoms with E-state index in [0.29, 0.717) is 10.4 Å². The molecule has 162 valence electrons. The van der Waals surface area contributed by atoms with Crippen LogP contribution in [0.3, 0.4) is 0 Å². The number of thiophene rings is 1. The number of hydrogen-bond acceptors (Lipinski definition) is 6. The summed E-state index contributed by atoms with van der Waals surface area (Å²) in [5.74, 6) is -0.0951. The number of carbonyl (C=O) groups excluding carboxylic acids is 1. The first kappa shape index (κ1) is 21.4. The number of carbonyl (C=O) groups is 1. The zero-order chi connectivity index (χ0) is 22.3. The summed E-state index contributed by atoms with van der Waals surface area (Å²) in [6, 6.07) is 11.7. The number of amides is 1. The maximum absolute atomic E-state index is 13.1. The van der Waals surface area contributed by atoms with Crippen molar-refractivity contribution in [3.8, 4) is 0 Å². The maximum atomic E-state index is 13.1. The molecule has 1 amide bonds. The highest BCUT2D eigenvalue weighted by molar-refractivity contribution is 7.89. The van der Waals surface area contributed by atoms with E-state index in [0.717, 1.165) is 21.7 Å². The molecule has 8 nitrogen and oxygen atoms in total. The minimum Gasteiger partial charge on any atom is -0.335 e. The Labute approximate surface area is 183 Å². The first-order valence-corrected chi connectivity index (χ1v) is 12.0. The van der Waals surface area contributed by atoms with E-state index in [9.17, 15) is 23.3 Å². The fourth-order valence-electron chi connectivity index (χ4n) is 3.77. The highest BCUT2D eigenvalue weighted by Gasteiger charge is 2.33. The minimum absolute atomic E-state index is 0.0678. The average molecular weight is 460 g/mol. The SMILES string of the molecule is Cc1ccc([N+](=O)[O-])cc1S(=O)(=O)N1CCN(C(=O)c2sc3ccccc3c2C)CC1. The number of nitro benzene ring substituents is 1. The third-order valence-electron chi connectivity index (χ3n) is 5.56. The molecule has 10 heteroatoms. The number of piperazine rings is 1. The van der Waals surface area contributed by atoms with Crippen molar-refractivity contribution >= 4 is 43.0 Å². The summed E-state index contributed by atoms with van der Waals surface area (Å²) in [5, 5.41) is 12.1. The van der Waals surface area contributed by atoms with Crippen molar-refractivity contribution in [2.75, 3.05) is 26.2 Å². The lowest BCUT2D eigenvalue weighted by molar-refractivity contribution is -0.385. The molecule has 0 unspecified atom stereocenters. The van der Waals surface area contributed by atoms with Crippen LogP contribution in [0.25, 0.3) is 10.1 Å². The van der Waals surface area contributed by atoms with Crippen LogP contribution in [0.15, 0.2) is 47.4 Å². The van der Waals surface area contributed by atoms with Gasteiger partial charge in [0.1, 0.15) is 0 Å². The van der Waals surface area contributed by atoms with E-state index in [-0.39, 0.29) is 42.7 Å². The van der Waals surface area contributed by atoms with Gasteiger partial charge in [-0.2, -0.15) is 4.31 Å². The predicted octanol–water partition coefficient (Wildman–Crippen LogP) is 3.57. The second-order valence-corrected chi connectivity index (χ2v) is 10.4. The summed E-state index contributed by atoms with van der Waals surface area (Å²) in [7, 11) is -3.90. The second kappa shape index (κ2) is 8.03. The van der Waals surface area contributed by atoms with Crippen LogP contribution >= 0.6 is 11.3 Å². The fourth-order valence-corrected chi connectivity index (χ4v) is 6.62. The topological polar surface area (TPSA) is 101 Å². The lowest BCUT2D eigenvalue weighted by Gasteiger charge is -2.34. The molecule has 1 aromatic heterocycles. The Morgan fingerprint density at radius 2 is 1.74 bits per heavy atom. The Hall–Kier alpha value is -2.82. The van der Waals surface area contributed by atoms with Crippen molar-refractivity contribution in [2.45, 2.75) is 18.7 Å². The molecule has 4 rings (SSSR count). The Morgan fingerprint density at radius 3 is 2.39 bits per heavy atom. The third-order valence-corrected chi connectivity index (χ3v) is 8.87. The van der Waals surface area contributed by atoms with E-state index < -0.39 is 14.9 Å². The highest BCUT2D eigenvalue weighted by atomic mass is 32.2. The molecule has 1 aliphatic heterocycles. The molecule has 0 saturated carbocycles. The number of fused-ring (bicyclic) bond motifs is 1. The van der Waals surface area contributed by atoms with E-state index in [2.05, 4.69) is 0 Å². The molecule has 0 radical (unpaired) electrons. The van der Waals surface area contributed by atoms with Crippen LogP contribution in [0, 0.1) is 24.0 Å². The van der Waals surface area contributed by atoms with Gasteiger partial charge in [-0.3, -0.25) is 14.9 Å². The van der Waals surface area contributed by atoms with Gasteiger partial charge in [0.2, 0.25) is 10.0 Å². The van der Waals surface area contributed by atoms with Crippen LogP contribution in [0.2, 0.25) is 0 Å². The normalized spacial score (nSPS) is 15.4. The largest absolute Gasteiger partial charge is 0.335 e. The summed E-state index contributed by atoms with van der Waals surface area (Å²) in [6.07, 6.45) is 0. The first-order chi connectivity index (χ1) is 14.7. The number of sulfonamides is 1. The molecule has 2 heterocycles. The summed E-state index contributed by atoms with van der Waals surface area (Å²) in [5.41, 5.74) is 1.12. The molecular weight excluding hydrogens is 438 g/mol. The van der Waals surface area contributed by atoms with Crippen LogP contribution in [0.4, 0.5) is 5.69 Å². The number of non-ortho nitro benzene ring substituents is 1. The van der Waals surface area contributed by atoms with Crippen molar-refractivity contribution in [1.29, 1.82) is 0 Å². The van der Waals surface area contributed by atoms with Crippen molar-refractivity contribution in [3.63, 3.8) is 0 Å². The van der Waals surface area contributed by atoms with E-state index in [1.807, 2.05) is 31.2 Å². The molecule has 0 atom stereocenters. The van der Waals surface area contributed by atoms with Crippen molar-refractivity contribution in [2.24, 2.45) is 0 Å². The Bertz CT molecular complexity index is 1290. The van der Waals surface area contributed by atoms with Crippen LogP contribution in [0.5, 0.6) is 0 Å². The summed E-state index contributed by atoms with van der Waals surface area (Å²) in [4.78, 5) is 25.8. The zero-order valence-electron chi connectivity index (χ0n) is 17.1. The van der Waals surface area contributed by atoms with Gasteiger partial charge < -0.3 is 4.90 Å². The van der Waals surface area contributed by atoms with Gasteiger partial charge in [0.15, 0.2) is 0 Å². The standard InChI is InChI=1S/C21H21N3O5S2/c1-14-7-8-16(24(26)27)13-19(14)31(28,29)23-11-9-22(10-12-23)21(25)20-15(2)17-5-3-4-6-18(17)30-20/h3-8,13H,9-12H2,1-2H3. The number of hydrogen-bond donors (Lipinski definition) is 0. The minimum atomic E-state index is -3.90.